The largest absolute Gasteiger partial charge is 0.351 e. The number of amides is 1. The number of piperidine rings is 1. The molecular weight excluding hydrogens is 238 g/mol. The fourth-order valence-corrected chi connectivity index (χ4v) is 2.60. The van der Waals surface area contributed by atoms with E-state index in [-0.39, 0.29) is 5.91 Å². The van der Waals surface area contributed by atoms with Crippen molar-refractivity contribution in [2.75, 3.05) is 6.54 Å². The molecule has 1 amide bonds. The van der Waals surface area contributed by atoms with E-state index in [1.165, 1.54) is 25.0 Å². The molecule has 1 fully saturated rings. The number of nitrogens with one attached hydrogen (secondary N) is 2. The molecule has 0 bridgehead atoms. The molecule has 1 aliphatic heterocycles. The molecular formula is C15H25N3O. The Hall–Kier alpha value is -1.29. The van der Waals surface area contributed by atoms with Gasteiger partial charge in [-0.2, -0.15) is 0 Å². The first-order valence-electron chi connectivity index (χ1n) is 7.28. The predicted molar refractivity (Wildman–Crippen MR) is 76.9 cm³/mol. The zero-order valence-corrected chi connectivity index (χ0v) is 12.0. The van der Waals surface area contributed by atoms with Crippen molar-refractivity contribution in [3.05, 3.63) is 23.5 Å². The van der Waals surface area contributed by atoms with Gasteiger partial charge in [0.2, 0.25) is 5.91 Å². The van der Waals surface area contributed by atoms with Gasteiger partial charge in [0.05, 0.1) is 6.54 Å². The molecule has 0 saturated carbocycles. The number of nitrogens with zero attached hydrogens (tertiary/aromatic N) is 1. The molecule has 1 aliphatic rings. The third-order valence-electron chi connectivity index (χ3n) is 4.08. The van der Waals surface area contributed by atoms with Crippen molar-refractivity contribution in [2.24, 2.45) is 7.05 Å². The normalized spacial score (nSPS) is 19.4. The first kappa shape index (κ1) is 14.1. The first-order chi connectivity index (χ1) is 9.16. The fraction of sp³-hybridized carbons (Fsp3) is 0.667. The molecule has 1 aromatic heterocycles. The summed E-state index contributed by atoms with van der Waals surface area (Å²) >= 11 is 0. The highest BCUT2D eigenvalue weighted by atomic mass is 16.1. The Balaban J connectivity index is 1.68. The zero-order valence-electron chi connectivity index (χ0n) is 12.0. The quantitative estimate of drug-likeness (QED) is 0.852. The Kier molecular flexibility index (Phi) is 5.02. The summed E-state index contributed by atoms with van der Waals surface area (Å²) in [6.45, 7) is 3.80. The molecule has 4 heteroatoms. The van der Waals surface area contributed by atoms with Gasteiger partial charge in [-0.05, 0) is 44.9 Å². The maximum Gasteiger partial charge on any atom is 0.220 e. The van der Waals surface area contributed by atoms with Gasteiger partial charge in [-0.25, -0.2) is 0 Å². The molecule has 0 aliphatic carbocycles. The predicted octanol–water partition coefficient (Wildman–Crippen LogP) is 1.87. The summed E-state index contributed by atoms with van der Waals surface area (Å²) in [6.07, 6.45) is 5.36. The maximum atomic E-state index is 11.8. The molecule has 106 valence electrons. The van der Waals surface area contributed by atoms with Crippen LogP contribution in [0.3, 0.4) is 0 Å². The number of hydrogen-bond acceptors (Lipinski definition) is 2. The van der Waals surface area contributed by atoms with Crippen molar-refractivity contribution in [3.8, 4) is 0 Å². The Morgan fingerprint density at radius 2 is 2.32 bits per heavy atom. The first-order valence-corrected chi connectivity index (χ1v) is 7.28. The van der Waals surface area contributed by atoms with Crippen LogP contribution in [0, 0.1) is 6.92 Å². The lowest BCUT2D eigenvalue weighted by atomic mass is 10.0. The summed E-state index contributed by atoms with van der Waals surface area (Å²) < 4.78 is 2.11. The maximum absolute atomic E-state index is 11.8. The van der Waals surface area contributed by atoms with Gasteiger partial charge in [0.1, 0.15) is 0 Å². The number of rotatable bonds is 5. The number of carbonyl (C=O) groups is 1. The lowest BCUT2D eigenvalue weighted by Gasteiger charge is -2.23. The van der Waals surface area contributed by atoms with E-state index in [4.69, 9.17) is 0 Å². The van der Waals surface area contributed by atoms with E-state index in [0.29, 0.717) is 19.0 Å². The van der Waals surface area contributed by atoms with Gasteiger partial charge < -0.3 is 15.2 Å². The van der Waals surface area contributed by atoms with Crippen molar-refractivity contribution in [1.29, 1.82) is 0 Å². The van der Waals surface area contributed by atoms with Gasteiger partial charge in [-0.15, -0.1) is 0 Å². The summed E-state index contributed by atoms with van der Waals surface area (Å²) in [5, 5.41) is 6.48. The van der Waals surface area contributed by atoms with Crippen molar-refractivity contribution < 1.29 is 4.79 Å². The highest BCUT2D eigenvalue weighted by Gasteiger charge is 2.14. The molecule has 1 saturated heterocycles. The van der Waals surface area contributed by atoms with Crippen molar-refractivity contribution in [1.82, 2.24) is 15.2 Å². The van der Waals surface area contributed by atoms with Crippen LogP contribution in [0.5, 0.6) is 0 Å². The lowest BCUT2D eigenvalue weighted by molar-refractivity contribution is -0.121. The number of carbonyl (C=O) groups excluding carboxylic acids is 1. The van der Waals surface area contributed by atoms with Crippen LogP contribution in [0.1, 0.15) is 43.5 Å². The second kappa shape index (κ2) is 6.75. The van der Waals surface area contributed by atoms with E-state index in [9.17, 15) is 4.79 Å². The standard InChI is InChI=1S/C15H25N3O/c1-12-6-8-14(18(12)2)11-17-15(19)9-7-13-5-3-4-10-16-13/h6,8,13,16H,3-5,7,9-11H2,1-2H3,(H,17,19). The molecule has 0 spiro atoms. The summed E-state index contributed by atoms with van der Waals surface area (Å²) in [5.74, 6) is 0.159. The van der Waals surface area contributed by atoms with E-state index in [1.54, 1.807) is 0 Å². The van der Waals surface area contributed by atoms with Crippen LogP contribution in [-0.4, -0.2) is 23.1 Å². The van der Waals surface area contributed by atoms with Crippen molar-refractivity contribution in [3.63, 3.8) is 0 Å². The Labute approximate surface area is 115 Å². The molecule has 2 N–H and O–H groups in total. The summed E-state index contributed by atoms with van der Waals surface area (Å²) in [5.41, 5.74) is 2.37. The van der Waals surface area contributed by atoms with E-state index in [0.717, 1.165) is 18.7 Å². The van der Waals surface area contributed by atoms with Crippen LogP contribution >= 0.6 is 0 Å². The summed E-state index contributed by atoms with van der Waals surface area (Å²) in [4.78, 5) is 11.8. The third-order valence-corrected chi connectivity index (χ3v) is 4.08. The summed E-state index contributed by atoms with van der Waals surface area (Å²) in [6, 6.07) is 4.68. The minimum absolute atomic E-state index is 0.159. The molecule has 1 atom stereocenters. The van der Waals surface area contributed by atoms with Crippen LogP contribution in [0.15, 0.2) is 12.1 Å². The van der Waals surface area contributed by atoms with Crippen LogP contribution in [0.25, 0.3) is 0 Å². The smallest absolute Gasteiger partial charge is 0.220 e. The molecule has 4 nitrogen and oxygen atoms in total. The van der Waals surface area contributed by atoms with E-state index in [1.807, 2.05) is 7.05 Å². The van der Waals surface area contributed by atoms with Crippen LogP contribution in [0.4, 0.5) is 0 Å². The highest BCUT2D eigenvalue weighted by Crippen LogP contribution is 2.11. The zero-order chi connectivity index (χ0) is 13.7. The average molecular weight is 263 g/mol. The van der Waals surface area contributed by atoms with Gasteiger partial charge in [-0.1, -0.05) is 6.42 Å². The number of aryl methyl sites for hydroxylation is 1. The second-order valence-electron chi connectivity index (χ2n) is 5.49. The van der Waals surface area contributed by atoms with Crippen molar-refractivity contribution >= 4 is 5.91 Å². The summed E-state index contributed by atoms with van der Waals surface area (Å²) in [7, 11) is 2.03. The fourth-order valence-electron chi connectivity index (χ4n) is 2.60. The number of aromatic nitrogens is 1. The topological polar surface area (TPSA) is 46.1 Å². The Morgan fingerprint density at radius 3 is 2.95 bits per heavy atom. The van der Waals surface area contributed by atoms with E-state index in [2.05, 4.69) is 34.3 Å². The van der Waals surface area contributed by atoms with Gasteiger partial charge in [0.15, 0.2) is 0 Å². The molecule has 2 heterocycles. The van der Waals surface area contributed by atoms with Gasteiger partial charge in [-0.3, -0.25) is 4.79 Å². The van der Waals surface area contributed by atoms with Crippen LogP contribution in [-0.2, 0) is 18.4 Å². The van der Waals surface area contributed by atoms with Gasteiger partial charge >= 0.3 is 0 Å². The monoisotopic (exact) mass is 263 g/mol. The van der Waals surface area contributed by atoms with Crippen LogP contribution < -0.4 is 10.6 Å². The minimum atomic E-state index is 0.159. The molecule has 0 radical (unpaired) electrons. The Morgan fingerprint density at radius 1 is 1.47 bits per heavy atom. The molecule has 19 heavy (non-hydrogen) atoms. The minimum Gasteiger partial charge on any atom is -0.351 e. The molecule has 2 rings (SSSR count). The lowest BCUT2D eigenvalue weighted by Crippen LogP contribution is -2.35. The third kappa shape index (κ3) is 4.10. The van der Waals surface area contributed by atoms with Gasteiger partial charge in [0.25, 0.3) is 0 Å². The highest BCUT2D eigenvalue weighted by molar-refractivity contribution is 5.75. The second-order valence-corrected chi connectivity index (χ2v) is 5.49. The van der Waals surface area contributed by atoms with Gasteiger partial charge in [0, 0.05) is 30.9 Å². The SMILES string of the molecule is Cc1ccc(CNC(=O)CCC2CCCCN2)n1C. The Bertz CT molecular complexity index is 419. The van der Waals surface area contributed by atoms with Crippen LogP contribution in [0.2, 0.25) is 0 Å². The van der Waals surface area contributed by atoms with E-state index >= 15 is 0 Å². The average Bonchev–Trinajstić information content (AvgIpc) is 2.75. The molecule has 1 aromatic rings. The van der Waals surface area contributed by atoms with Crippen molar-refractivity contribution in [2.45, 2.75) is 51.6 Å². The molecule has 0 aromatic carbocycles. The van der Waals surface area contributed by atoms with E-state index < -0.39 is 0 Å². The number of hydrogen-bond donors (Lipinski definition) is 2. The molecule has 1 unspecified atom stereocenters.